The van der Waals surface area contributed by atoms with Crippen molar-refractivity contribution in [3.8, 4) is 0 Å². The third-order valence-electron chi connectivity index (χ3n) is 0.725. The van der Waals surface area contributed by atoms with Crippen LogP contribution in [0, 0.1) is 0 Å². The molecule has 0 aromatic rings. The largest absolute Gasteiger partial charge is 0.272 e. The van der Waals surface area contributed by atoms with Gasteiger partial charge in [0.15, 0.2) is 0 Å². The number of hydrogen-bond donors (Lipinski definition) is 1. The van der Waals surface area contributed by atoms with E-state index in [4.69, 9.17) is 12.2 Å². The minimum absolute atomic E-state index is 0.788. The molecule has 2 nitrogen and oxygen atoms in total. The second-order valence-electron chi connectivity index (χ2n) is 1.95. The Kier molecular flexibility index (Phi) is 4.22. The molecular formula is C6H12N2S. The highest BCUT2D eigenvalue weighted by Crippen LogP contribution is 1.79. The molecule has 0 amide bonds. The maximum absolute atomic E-state index is 4.86. The molecule has 0 aromatic carbocycles. The first kappa shape index (κ1) is 8.56. The van der Waals surface area contributed by atoms with Gasteiger partial charge in [0, 0.05) is 5.71 Å². The van der Waals surface area contributed by atoms with E-state index in [1.54, 1.807) is 0 Å². The summed E-state index contributed by atoms with van der Waals surface area (Å²) < 4.78 is 0. The van der Waals surface area contributed by atoms with Gasteiger partial charge in [0.25, 0.3) is 0 Å². The van der Waals surface area contributed by atoms with Gasteiger partial charge in [0.2, 0.25) is 0 Å². The fourth-order valence-corrected chi connectivity index (χ4v) is 0.299. The zero-order valence-corrected chi connectivity index (χ0v) is 6.88. The molecule has 0 aliphatic rings. The van der Waals surface area contributed by atoms with Crippen LogP contribution in [-0.4, -0.2) is 10.7 Å². The quantitative estimate of drug-likeness (QED) is 0.362. The van der Waals surface area contributed by atoms with Crippen molar-refractivity contribution in [2.75, 3.05) is 0 Å². The summed E-state index contributed by atoms with van der Waals surface area (Å²) >= 11 is 4.86. The Bertz CT molecular complexity index is 125. The van der Waals surface area contributed by atoms with E-state index in [0.29, 0.717) is 0 Å². The van der Waals surface area contributed by atoms with E-state index < -0.39 is 0 Å². The van der Waals surface area contributed by atoms with Gasteiger partial charge in [-0.3, -0.25) is 5.43 Å². The monoisotopic (exact) mass is 144 g/mol. The lowest BCUT2D eigenvalue weighted by Gasteiger charge is -1.97. The van der Waals surface area contributed by atoms with E-state index in [-0.39, 0.29) is 0 Å². The highest BCUT2D eigenvalue weighted by Gasteiger charge is 1.85. The SMILES string of the molecule is CCC(=S)NN=C(C)C. The first-order valence-corrected chi connectivity index (χ1v) is 3.37. The van der Waals surface area contributed by atoms with Crippen LogP contribution in [-0.2, 0) is 0 Å². The second kappa shape index (κ2) is 4.44. The van der Waals surface area contributed by atoms with Gasteiger partial charge in [-0.15, -0.1) is 0 Å². The summed E-state index contributed by atoms with van der Waals surface area (Å²) in [4.78, 5) is 0.788. The minimum atomic E-state index is 0.788. The Morgan fingerprint density at radius 3 is 2.44 bits per heavy atom. The van der Waals surface area contributed by atoms with E-state index in [1.807, 2.05) is 20.8 Å². The molecule has 0 aliphatic heterocycles. The lowest BCUT2D eigenvalue weighted by Crippen LogP contribution is -2.14. The highest BCUT2D eigenvalue weighted by molar-refractivity contribution is 7.80. The van der Waals surface area contributed by atoms with Gasteiger partial charge < -0.3 is 0 Å². The molecule has 0 spiro atoms. The van der Waals surface area contributed by atoms with Crippen LogP contribution in [0.3, 0.4) is 0 Å². The normalized spacial score (nSPS) is 8.33. The third-order valence-corrected chi connectivity index (χ3v) is 1.11. The van der Waals surface area contributed by atoms with Gasteiger partial charge >= 0.3 is 0 Å². The molecule has 52 valence electrons. The van der Waals surface area contributed by atoms with Crippen molar-refractivity contribution in [3.63, 3.8) is 0 Å². The molecule has 0 atom stereocenters. The molecule has 0 bridgehead atoms. The first-order chi connectivity index (χ1) is 4.16. The molecule has 0 aromatic heterocycles. The van der Waals surface area contributed by atoms with Crippen LogP contribution in [0.15, 0.2) is 5.10 Å². The van der Waals surface area contributed by atoms with Crippen LogP contribution >= 0.6 is 12.2 Å². The van der Waals surface area contributed by atoms with Crippen molar-refractivity contribution >= 4 is 22.9 Å². The molecule has 0 heterocycles. The lowest BCUT2D eigenvalue weighted by molar-refractivity contribution is 1.00. The van der Waals surface area contributed by atoms with Crippen LogP contribution in [0.2, 0.25) is 0 Å². The van der Waals surface area contributed by atoms with Crippen LogP contribution in [0.1, 0.15) is 27.2 Å². The topological polar surface area (TPSA) is 24.4 Å². The van der Waals surface area contributed by atoms with Gasteiger partial charge in [-0.25, -0.2) is 0 Å². The number of hydrazone groups is 1. The smallest absolute Gasteiger partial charge is 0.0958 e. The predicted octanol–water partition coefficient (Wildman–Crippen LogP) is 1.71. The number of nitrogens with one attached hydrogen (secondary N) is 1. The molecule has 0 rings (SSSR count). The van der Waals surface area contributed by atoms with Crippen molar-refractivity contribution in [1.29, 1.82) is 0 Å². The maximum atomic E-state index is 4.86. The van der Waals surface area contributed by atoms with Gasteiger partial charge in [-0.1, -0.05) is 19.1 Å². The van der Waals surface area contributed by atoms with Crippen molar-refractivity contribution in [1.82, 2.24) is 5.43 Å². The molecule has 0 aliphatic carbocycles. The first-order valence-electron chi connectivity index (χ1n) is 2.96. The van der Waals surface area contributed by atoms with E-state index in [9.17, 15) is 0 Å². The summed E-state index contributed by atoms with van der Waals surface area (Å²) in [7, 11) is 0. The number of thiocarbonyl (C=S) groups is 1. The summed E-state index contributed by atoms with van der Waals surface area (Å²) in [5.41, 5.74) is 3.74. The Balaban J connectivity index is 3.50. The zero-order valence-electron chi connectivity index (χ0n) is 6.06. The van der Waals surface area contributed by atoms with Crippen LogP contribution in [0.25, 0.3) is 0 Å². The summed E-state index contributed by atoms with van der Waals surface area (Å²) in [6.45, 7) is 5.84. The van der Waals surface area contributed by atoms with Crippen molar-refractivity contribution in [2.24, 2.45) is 5.10 Å². The van der Waals surface area contributed by atoms with Crippen LogP contribution in [0.5, 0.6) is 0 Å². The molecule has 3 heteroatoms. The average Bonchev–Trinajstić information content (AvgIpc) is 1.83. The fraction of sp³-hybridized carbons (Fsp3) is 0.667. The predicted molar refractivity (Wildman–Crippen MR) is 44.8 cm³/mol. The number of nitrogens with zero attached hydrogens (tertiary/aromatic N) is 1. The van der Waals surface area contributed by atoms with Crippen molar-refractivity contribution in [3.05, 3.63) is 0 Å². The molecular weight excluding hydrogens is 132 g/mol. The van der Waals surface area contributed by atoms with E-state index >= 15 is 0 Å². The molecule has 0 unspecified atom stereocenters. The second-order valence-corrected chi connectivity index (χ2v) is 2.44. The standard InChI is InChI=1S/C6H12N2S/c1-4-6(9)8-7-5(2)3/h4H2,1-3H3,(H,8,9). The van der Waals surface area contributed by atoms with Gasteiger partial charge in [-0.2, -0.15) is 5.10 Å². The van der Waals surface area contributed by atoms with Gasteiger partial charge in [-0.05, 0) is 20.3 Å². The highest BCUT2D eigenvalue weighted by atomic mass is 32.1. The third kappa shape index (κ3) is 5.43. The van der Waals surface area contributed by atoms with Gasteiger partial charge in [0.05, 0.1) is 4.99 Å². The molecule has 9 heavy (non-hydrogen) atoms. The molecule has 0 fully saturated rings. The van der Waals surface area contributed by atoms with Crippen molar-refractivity contribution in [2.45, 2.75) is 27.2 Å². The number of hydrogen-bond acceptors (Lipinski definition) is 2. The van der Waals surface area contributed by atoms with Crippen LogP contribution < -0.4 is 5.43 Å². The summed E-state index contributed by atoms with van der Waals surface area (Å²) in [5, 5.41) is 3.92. The van der Waals surface area contributed by atoms with Crippen LogP contribution in [0.4, 0.5) is 0 Å². The average molecular weight is 144 g/mol. The zero-order chi connectivity index (χ0) is 7.28. The van der Waals surface area contributed by atoms with E-state index in [2.05, 4.69) is 10.5 Å². The molecule has 1 N–H and O–H groups in total. The summed E-state index contributed by atoms with van der Waals surface area (Å²) in [6, 6.07) is 0. The minimum Gasteiger partial charge on any atom is -0.272 e. The molecule has 0 saturated carbocycles. The number of rotatable bonds is 2. The van der Waals surface area contributed by atoms with E-state index in [1.165, 1.54) is 0 Å². The molecule has 0 saturated heterocycles. The Labute approximate surface area is 61.3 Å². The lowest BCUT2D eigenvalue weighted by atomic mass is 10.5. The Morgan fingerprint density at radius 1 is 1.56 bits per heavy atom. The van der Waals surface area contributed by atoms with E-state index in [0.717, 1.165) is 17.1 Å². The van der Waals surface area contributed by atoms with Crippen molar-refractivity contribution < 1.29 is 0 Å². The summed E-state index contributed by atoms with van der Waals surface area (Å²) in [6.07, 6.45) is 0.853. The Hall–Kier alpha value is -0.440. The fourth-order valence-electron chi connectivity index (χ4n) is 0.253. The Morgan fingerprint density at radius 2 is 2.11 bits per heavy atom. The maximum Gasteiger partial charge on any atom is 0.0958 e. The summed E-state index contributed by atoms with van der Waals surface area (Å²) in [5.74, 6) is 0. The molecule has 0 radical (unpaired) electrons. The van der Waals surface area contributed by atoms with Gasteiger partial charge in [0.1, 0.15) is 0 Å².